The van der Waals surface area contributed by atoms with E-state index in [0.29, 0.717) is 0 Å². The van der Waals surface area contributed by atoms with Crippen molar-refractivity contribution < 1.29 is 0 Å². The molecule has 6 aromatic carbocycles. The van der Waals surface area contributed by atoms with Crippen molar-refractivity contribution in [3.63, 3.8) is 0 Å². The van der Waals surface area contributed by atoms with Crippen LogP contribution < -0.4 is 0 Å². The van der Waals surface area contributed by atoms with Gasteiger partial charge in [0.25, 0.3) is 0 Å². The van der Waals surface area contributed by atoms with Crippen molar-refractivity contribution >= 4 is 65.4 Å². The summed E-state index contributed by atoms with van der Waals surface area (Å²) in [6.07, 6.45) is 0. The van der Waals surface area contributed by atoms with Crippen LogP contribution in [0.15, 0.2) is 158 Å². The first-order chi connectivity index (χ1) is 22.4. The van der Waals surface area contributed by atoms with E-state index in [-0.39, 0.29) is 0 Å². The van der Waals surface area contributed by atoms with Crippen LogP contribution in [0, 0.1) is 0 Å². The van der Waals surface area contributed by atoms with Crippen molar-refractivity contribution in [2.75, 3.05) is 0 Å². The van der Waals surface area contributed by atoms with Crippen molar-refractivity contribution in [1.29, 1.82) is 0 Å². The Labute approximate surface area is 258 Å². The minimum Gasteiger partial charge on any atom is -0.309 e. The van der Waals surface area contributed by atoms with Gasteiger partial charge in [0.15, 0.2) is 0 Å². The van der Waals surface area contributed by atoms with Crippen LogP contribution in [0.5, 0.6) is 0 Å². The maximum Gasteiger partial charge on any atom is 0.140 e. The van der Waals surface area contributed by atoms with Gasteiger partial charge >= 0.3 is 0 Å². The lowest BCUT2D eigenvalue weighted by atomic mass is 10.1. The molecule has 0 N–H and O–H groups in total. The lowest BCUT2D eigenvalue weighted by Crippen LogP contribution is -2.03. The van der Waals surface area contributed by atoms with E-state index in [2.05, 4.69) is 171 Å². The Morgan fingerprint density at radius 2 is 0.800 bits per heavy atom. The topological polar surface area (TPSA) is 27.7 Å². The predicted octanol–water partition coefficient (Wildman–Crippen LogP) is 10.4. The van der Waals surface area contributed by atoms with Gasteiger partial charge in [-0.2, -0.15) is 0 Å². The number of rotatable bonds is 3. The average Bonchev–Trinajstić information content (AvgIpc) is 3.74. The summed E-state index contributed by atoms with van der Waals surface area (Å²) in [5.74, 6) is 1.79. The average molecular weight is 575 g/mol. The highest BCUT2D eigenvalue weighted by atomic mass is 15.1. The monoisotopic (exact) mass is 574 g/mol. The van der Waals surface area contributed by atoms with Gasteiger partial charge in [-0.3, -0.25) is 9.13 Å². The molecule has 0 unspecified atom stereocenters. The molecule has 4 heteroatoms. The lowest BCUT2D eigenvalue weighted by molar-refractivity contribution is 1.02. The molecule has 0 fully saturated rings. The zero-order chi connectivity index (χ0) is 29.5. The Morgan fingerprint density at radius 3 is 1.44 bits per heavy atom. The molecule has 10 aromatic rings. The SMILES string of the molecule is c1ccc(-n2c3ccccc3c3c2ccc2c4ccccc4n(-c4cccc(-n5c6ccccc6c6ccccc65)n4)c23)cc1. The van der Waals surface area contributed by atoms with Gasteiger partial charge in [0, 0.05) is 38.0 Å². The fourth-order valence-electron chi connectivity index (χ4n) is 7.43. The number of nitrogens with zero attached hydrogens (tertiary/aromatic N) is 4. The molecular weight excluding hydrogens is 548 g/mol. The minimum absolute atomic E-state index is 0.893. The van der Waals surface area contributed by atoms with E-state index in [9.17, 15) is 0 Å². The van der Waals surface area contributed by atoms with E-state index < -0.39 is 0 Å². The fourth-order valence-corrected chi connectivity index (χ4v) is 7.43. The third-order valence-electron chi connectivity index (χ3n) is 9.24. The van der Waals surface area contributed by atoms with Gasteiger partial charge in [-0.15, -0.1) is 0 Å². The van der Waals surface area contributed by atoms with Crippen LogP contribution in [-0.2, 0) is 0 Å². The molecule has 10 rings (SSSR count). The van der Waals surface area contributed by atoms with Crippen LogP contribution in [0.1, 0.15) is 0 Å². The first-order valence-corrected chi connectivity index (χ1v) is 15.3. The Kier molecular flexibility index (Phi) is 4.96. The zero-order valence-corrected chi connectivity index (χ0v) is 24.3. The Balaban J connectivity index is 1.34. The van der Waals surface area contributed by atoms with E-state index in [1.165, 1.54) is 48.9 Å². The van der Waals surface area contributed by atoms with Crippen LogP contribution in [0.3, 0.4) is 0 Å². The second-order valence-corrected chi connectivity index (χ2v) is 11.6. The van der Waals surface area contributed by atoms with Crippen molar-refractivity contribution in [2.45, 2.75) is 0 Å². The standard InChI is InChI=1S/C41H26N4/c1-2-13-27(14-3-1)43-36-22-11-7-18-32(36)40-37(43)26-25-31-30-17-6-10-21-35(30)45(41(31)40)39-24-12-23-38(42-39)44-33-19-8-4-15-28(33)29-16-5-9-20-34(29)44/h1-26H. The molecule has 0 amide bonds. The molecule has 0 saturated carbocycles. The van der Waals surface area contributed by atoms with Crippen LogP contribution in [0.25, 0.3) is 82.7 Å². The maximum atomic E-state index is 5.43. The van der Waals surface area contributed by atoms with Crippen LogP contribution in [0.4, 0.5) is 0 Å². The number of fused-ring (bicyclic) bond motifs is 10. The lowest BCUT2D eigenvalue weighted by Gasteiger charge is -2.12. The van der Waals surface area contributed by atoms with Gasteiger partial charge in [-0.05, 0) is 54.6 Å². The molecule has 0 radical (unpaired) electrons. The summed E-state index contributed by atoms with van der Waals surface area (Å²) in [4.78, 5) is 5.43. The summed E-state index contributed by atoms with van der Waals surface area (Å²) in [6.45, 7) is 0. The van der Waals surface area contributed by atoms with Gasteiger partial charge in [-0.1, -0.05) is 103 Å². The van der Waals surface area contributed by atoms with Crippen molar-refractivity contribution in [3.8, 4) is 17.3 Å². The summed E-state index contributed by atoms with van der Waals surface area (Å²) in [6, 6.07) is 56.3. The van der Waals surface area contributed by atoms with E-state index in [4.69, 9.17) is 4.98 Å². The first-order valence-electron chi connectivity index (χ1n) is 15.3. The number of aromatic nitrogens is 4. The number of hydrogen-bond donors (Lipinski definition) is 0. The van der Waals surface area contributed by atoms with E-state index in [0.717, 1.165) is 33.9 Å². The third kappa shape index (κ3) is 3.34. The summed E-state index contributed by atoms with van der Waals surface area (Å²) < 4.78 is 7.04. The first kappa shape index (κ1) is 24.3. The van der Waals surface area contributed by atoms with Crippen LogP contribution in [-0.4, -0.2) is 18.7 Å². The number of para-hydroxylation sites is 5. The third-order valence-corrected chi connectivity index (χ3v) is 9.24. The van der Waals surface area contributed by atoms with E-state index >= 15 is 0 Å². The highest BCUT2D eigenvalue weighted by Crippen LogP contribution is 2.42. The molecule has 45 heavy (non-hydrogen) atoms. The second-order valence-electron chi connectivity index (χ2n) is 11.6. The summed E-state index contributed by atoms with van der Waals surface area (Å²) in [5.41, 5.74) is 8.14. The molecule has 0 saturated heterocycles. The normalized spacial score (nSPS) is 12.0. The number of pyridine rings is 1. The number of hydrogen-bond acceptors (Lipinski definition) is 1. The Morgan fingerprint density at radius 1 is 0.311 bits per heavy atom. The molecule has 4 nitrogen and oxygen atoms in total. The van der Waals surface area contributed by atoms with Crippen molar-refractivity contribution in [1.82, 2.24) is 18.7 Å². The summed E-state index contributed by atoms with van der Waals surface area (Å²) in [5, 5.41) is 7.35. The molecule has 0 spiro atoms. The highest BCUT2D eigenvalue weighted by Gasteiger charge is 2.21. The quantitative estimate of drug-likeness (QED) is 0.206. The van der Waals surface area contributed by atoms with Gasteiger partial charge in [-0.25, -0.2) is 4.98 Å². The molecule has 0 aliphatic rings. The molecular formula is C41H26N4. The smallest absolute Gasteiger partial charge is 0.140 e. The zero-order valence-electron chi connectivity index (χ0n) is 24.3. The number of benzene rings is 6. The fraction of sp³-hybridized carbons (Fsp3) is 0. The molecule has 4 aromatic heterocycles. The van der Waals surface area contributed by atoms with Crippen LogP contribution in [0.2, 0.25) is 0 Å². The Hall–Kier alpha value is -6.13. The highest BCUT2D eigenvalue weighted by molar-refractivity contribution is 6.26. The molecule has 210 valence electrons. The predicted molar refractivity (Wildman–Crippen MR) is 187 cm³/mol. The molecule has 0 aliphatic carbocycles. The maximum absolute atomic E-state index is 5.43. The molecule has 0 atom stereocenters. The Bertz CT molecular complexity index is 2710. The molecule has 0 aliphatic heterocycles. The molecule has 4 heterocycles. The van der Waals surface area contributed by atoms with Gasteiger partial charge in [0.05, 0.1) is 33.1 Å². The van der Waals surface area contributed by atoms with Gasteiger partial charge < -0.3 is 4.57 Å². The second kappa shape index (κ2) is 9.18. The minimum atomic E-state index is 0.893. The van der Waals surface area contributed by atoms with Crippen molar-refractivity contribution in [3.05, 3.63) is 158 Å². The molecule has 0 bridgehead atoms. The van der Waals surface area contributed by atoms with Crippen LogP contribution >= 0.6 is 0 Å². The summed E-state index contributed by atoms with van der Waals surface area (Å²) >= 11 is 0. The van der Waals surface area contributed by atoms with Gasteiger partial charge in [0.1, 0.15) is 11.6 Å². The van der Waals surface area contributed by atoms with Gasteiger partial charge in [0.2, 0.25) is 0 Å². The summed E-state index contributed by atoms with van der Waals surface area (Å²) in [7, 11) is 0. The van der Waals surface area contributed by atoms with Crippen molar-refractivity contribution in [2.24, 2.45) is 0 Å². The largest absolute Gasteiger partial charge is 0.309 e. The van der Waals surface area contributed by atoms with E-state index in [1.54, 1.807) is 0 Å². The van der Waals surface area contributed by atoms with E-state index in [1.807, 2.05) is 0 Å².